The summed E-state index contributed by atoms with van der Waals surface area (Å²) in [6.07, 6.45) is 2.39. The van der Waals surface area contributed by atoms with Gasteiger partial charge in [0, 0.05) is 0 Å². The van der Waals surface area contributed by atoms with E-state index >= 15 is 0 Å². The van der Waals surface area contributed by atoms with Gasteiger partial charge in [-0.05, 0) is 6.08 Å². The van der Waals surface area contributed by atoms with Gasteiger partial charge in [-0.2, -0.15) is 0 Å². The van der Waals surface area contributed by atoms with Crippen LogP contribution in [0.15, 0.2) is 24.6 Å². The number of aliphatic hydroxyl groups is 1. The summed E-state index contributed by atoms with van der Waals surface area (Å²) in [7, 11) is 0. The Morgan fingerprint density at radius 3 is 2.57 bits per heavy atom. The maximum absolute atomic E-state index is 11.5. The van der Waals surface area contributed by atoms with Crippen molar-refractivity contribution in [2.45, 2.75) is 0 Å². The molecule has 0 bridgehead atoms. The number of hydrogen-bond acceptors (Lipinski definition) is 1. The number of allylic oxidation sites excluding steroid dienone is 2. The van der Waals surface area contributed by atoms with Crippen molar-refractivity contribution in [1.29, 1.82) is 0 Å². The molecule has 0 radical (unpaired) electrons. The lowest BCUT2D eigenvalue weighted by molar-refractivity contribution is 0.342. The molecule has 0 aromatic rings. The van der Waals surface area contributed by atoms with E-state index in [4.69, 9.17) is 5.11 Å². The van der Waals surface area contributed by atoms with Gasteiger partial charge in [0.1, 0.15) is 5.83 Å². The summed E-state index contributed by atoms with van der Waals surface area (Å²) in [6.45, 7) is 2.79. The van der Waals surface area contributed by atoms with Crippen LogP contribution in [0, 0.1) is 0 Å². The lowest BCUT2D eigenvalue weighted by Crippen LogP contribution is -1.69. The minimum absolute atomic E-state index is 0.136. The molecule has 0 aromatic heterocycles. The van der Waals surface area contributed by atoms with E-state index in [0.29, 0.717) is 0 Å². The lowest BCUT2D eigenvalue weighted by Gasteiger charge is -1.75. The highest BCUT2D eigenvalue weighted by Crippen LogP contribution is 1.90. The molecule has 1 nitrogen and oxygen atoms in total. The molecule has 7 heavy (non-hydrogen) atoms. The van der Waals surface area contributed by atoms with Crippen molar-refractivity contribution in [2.75, 3.05) is 6.61 Å². The smallest absolute Gasteiger partial charge is 0.115 e. The molecular weight excluding hydrogens is 95.1 g/mol. The standard InChI is InChI=1S/C5H7FO/c1-5(6)3-2-4-7/h2-3,7H,1,4H2/b3-2-. The topological polar surface area (TPSA) is 20.2 Å². The third kappa shape index (κ3) is 5.37. The molecule has 0 unspecified atom stereocenters. The number of aliphatic hydroxyl groups excluding tert-OH is 1. The zero-order valence-corrected chi connectivity index (χ0v) is 3.89. The second kappa shape index (κ2) is 3.56. The van der Waals surface area contributed by atoms with Gasteiger partial charge in [0.15, 0.2) is 0 Å². The van der Waals surface area contributed by atoms with Crippen LogP contribution in [-0.4, -0.2) is 11.7 Å². The highest BCUT2D eigenvalue weighted by atomic mass is 19.1. The Bertz CT molecular complexity index is 86.1. The second-order valence-corrected chi connectivity index (χ2v) is 1.03. The Hall–Kier alpha value is -0.630. The third-order valence-electron chi connectivity index (χ3n) is 0.404. The molecule has 0 saturated carbocycles. The van der Waals surface area contributed by atoms with Crippen LogP contribution in [0.3, 0.4) is 0 Å². The molecule has 0 fully saturated rings. The van der Waals surface area contributed by atoms with Gasteiger partial charge in [0.25, 0.3) is 0 Å². The molecule has 0 saturated heterocycles. The molecule has 0 rings (SSSR count). The normalized spacial score (nSPS) is 10.0. The fraction of sp³-hybridized carbons (Fsp3) is 0.200. The molecule has 1 N–H and O–H groups in total. The van der Waals surface area contributed by atoms with Gasteiger partial charge >= 0.3 is 0 Å². The van der Waals surface area contributed by atoms with Crippen molar-refractivity contribution in [3.05, 3.63) is 24.6 Å². The van der Waals surface area contributed by atoms with Crippen molar-refractivity contribution < 1.29 is 9.50 Å². The minimum Gasteiger partial charge on any atom is -0.392 e. The summed E-state index contributed by atoms with van der Waals surface area (Å²) in [5.41, 5.74) is 0. The molecule has 0 aliphatic heterocycles. The molecule has 0 aliphatic rings. The molecule has 0 heterocycles. The first-order chi connectivity index (χ1) is 3.27. The maximum Gasteiger partial charge on any atom is 0.115 e. The van der Waals surface area contributed by atoms with Crippen LogP contribution in [0.4, 0.5) is 4.39 Å². The largest absolute Gasteiger partial charge is 0.392 e. The Morgan fingerprint density at radius 1 is 1.86 bits per heavy atom. The molecule has 0 aromatic carbocycles. The molecule has 0 spiro atoms. The van der Waals surface area contributed by atoms with Crippen LogP contribution in [0.5, 0.6) is 0 Å². The van der Waals surface area contributed by atoms with E-state index < -0.39 is 5.83 Å². The van der Waals surface area contributed by atoms with E-state index in [2.05, 4.69) is 6.58 Å². The van der Waals surface area contributed by atoms with Crippen LogP contribution in [0.25, 0.3) is 0 Å². The van der Waals surface area contributed by atoms with Crippen molar-refractivity contribution in [3.63, 3.8) is 0 Å². The molecule has 0 atom stereocenters. The van der Waals surface area contributed by atoms with Gasteiger partial charge in [-0.15, -0.1) is 0 Å². The molecule has 0 amide bonds. The number of halogens is 1. The highest BCUT2D eigenvalue weighted by Gasteiger charge is 1.73. The molecule has 40 valence electrons. The zero-order valence-electron chi connectivity index (χ0n) is 3.89. The van der Waals surface area contributed by atoms with Crippen molar-refractivity contribution in [1.82, 2.24) is 0 Å². The van der Waals surface area contributed by atoms with Crippen LogP contribution >= 0.6 is 0 Å². The van der Waals surface area contributed by atoms with E-state index in [9.17, 15) is 4.39 Å². The average Bonchev–Trinajstić information content (AvgIpc) is 1.61. The van der Waals surface area contributed by atoms with Gasteiger partial charge in [-0.1, -0.05) is 12.7 Å². The molecular formula is C5H7FO. The van der Waals surface area contributed by atoms with Gasteiger partial charge in [-0.3, -0.25) is 0 Å². The summed E-state index contributed by atoms with van der Waals surface area (Å²) < 4.78 is 11.5. The first kappa shape index (κ1) is 6.37. The van der Waals surface area contributed by atoms with Crippen LogP contribution in [-0.2, 0) is 0 Å². The molecule has 2 heteroatoms. The van der Waals surface area contributed by atoms with Crippen LogP contribution in [0.1, 0.15) is 0 Å². The minimum atomic E-state index is -0.533. The summed E-state index contributed by atoms with van der Waals surface area (Å²) in [6, 6.07) is 0. The fourth-order valence-electron chi connectivity index (χ4n) is 0.181. The predicted octanol–water partition coefficient (Wildman–Crippen LogP) is 1.02. The quantitative estimate of drug-likeness (QED) is 0.516. The fourth-order valence-corrected chi connectivity index (χ4v) is 0.181. The van der Waals surface area contributed by atoms with E-state index in [1.54, 1.807) is 0 Å². The van der Waals surface area contributed by atoms with E-state index in [-0.39, 0.29) is 6.61 Å². The van der Waals surface area contributed by atoms with E-state index in [0.717, 1.165) is 6.08 Å². The van der Waals surface area contributed by atoms with Gasteiger partial charge in [0.05, 0.1) is 6.61 Å². The van der Waals surface area contributed by atoms with E-state index in [1.165, 1.54) is 6.08 Å². The van der Waals surface area contributed by atoms with Gasteiger partial charge in [0.2, 0.25) is 0 Å². The Balaban J connectivity index is 3.26. The molecule has 0 aliphatic carbocycles. The summed E-state index contributed by atoms with van der Waals surface area (Å²) in [4.78, 5) is 0. The Kier molecular flexibility index (Phi) is 3.24. The highest BCUT2D eigenvalue weighted by molar-refractivity contribution is 5.05. The summed E-state index contributed by atoms with van der Waals surface area (Å²) in [5.74, 6) is -0.533. The van der Waals surface area contributed by atoms with Crippen LogP contribution in [0.2, 0.25) is 0 Å². The second-order valence-electron chi connectivity index (χ2n) is 1.03. The van der Waals surface area contributed by atoms with E-state index in [1.807, 2.05) is 0 Å². The third-order valence-corrected chi connectivity index (χ3v) is 0.404. The number of rotatable bonds is 2. The predicted molar refractivity (Wildman–Crippen MR) is 26.5 cm³/mol. The van der Waals surface area contributed by atoms with Gasteiger partial charge < -0.3 is 5.11 Å². The lowest BCUT2D eigenvalue weighted by atomic mass is 10.5. The van der Waals surface area contributed by atoms with Gasteiger partial charge in [-0.25, -0.2) is 4.39 Å². The average molecular weight is 102 g/mol. The van der Waals surface area contributed by atoms with Crippen molar-refractivity contribution in [2.24, 2.45) is 0 Å². The first-order valence-electron chi connectivity index (χ1n) is 1.89. The Labute approximate surface area is 41.8 Å². The van der Waals surface area contributed by atoms with Crippen LogP contribution < -0.4 is 0 Å². The zero-order chi connectivity index (χ0) is 5.70. The van der Waals surface area contributed by atoms with Crippen molar-refractivity contribution in [3.8, 4) is 0 Å². The Morgan fingerprint density at radius 2 is 2.43 bits per heavy atom. The summed E-state index contributed by atoms with van der Waals surface area (Å²) in [5, 5.41) is 8.02. The monoisotopic (exact) mass is 102 g/mol. The first-order valence-corrected chi connectivity index (χ1v) is 1.89. The number of hydrogen-bond donors (Lipinski definition) is 1. The summed E-state index contributed by atoms with van der Waals surface area (Å²) >= 11 is 0. The van der Waals surface area contributed by atoms with Crippen molar-refractivity contribution >= 4 is 0 Å². The SMILES string of the molecule is C=C(F)/C=C\CO. The maximum atomic E-state index is 11.5.